The highest BCUT2D eigenvalue weighted by Crippen LogP contribution is 2.37. The number of nitriles is 1. The molecule has 130 valence electrons. The zero-order chi connectivity index (χ0) is 18.4. The van der Waals surface area contributed by atoms with Gasteiger partial charge in [-0.1, -0.05) is 23.7 Å². The molecule has 2 aromatic carbocycles. The number of carbonyl (C=O) groups excluding carboxylic acids is 1. The predicted octanol–water partition coefficient (Wildman–Crippen LogP) is 4.29. The van der Waals surface area contributed by atoms with Crippen molar-refractivity contribution in [2.75, 3.05) is 6.61 Å². The Hall–Kier alpha value is -2.71. The highest BCUT2D eigenvalue weighted by atomic mass is 35.5. The Morgan fingerprint density at radius 2 is 2.08 bits per heavy atom. The molecule has 0 saturated carbocycles. The van der Waals surface area contributed by atoms with Gasteiger partial charge >= 0.3 is 5.97 Å². The van der Waals surface area contributed by atoms with E-state index in [0.29, 0.717) is 17.9 Å². The maximum atomic E-state index is 12.3. The quantitative estimate of drug-likeness (QED) is 0.568. The van der Waals surface area contributed by atoms with Crippen LogP contribution in [0, 0.1) is 18.3 Å². The lowest BCUT2D eigenvalue weighted by molar-refractivity contribution is -0.141. The van der Waals surface area contributed by atoms with Crippen LogP contribution in [0.2, 0.25) is 5.02 Å². The summed E-state index contributed by atoms with van der Waals surface area (Å²) in [6.45, 7) is 5.64. The summed E-state index contributed by atoms with van der Waals surface area (Å²) in [4.78, 5) is 12.3. The van der Waals surface area contributed by atoms with Crippen molar-refractivity contribution in [3.8, 4) is 23.3 Å². The van der Waals surface area contributed by atoms with Gasteiger partial charge in [-0.25, -0.2) is 4.79 Å². The average Bonchev–Trinajstić information content (AvgIpc) is 2.57. The zero-order valence-corrected chi connectivity index (χ0v) is 15.0. The lowest BCUT2D eigenvalue weighted by Crippen LogP contribution is -2.28. The number of ether oxygens (including phenoxy) is 3. The van der Waals surface area contributed by atoms with E-state index in [4.69, 9.17) is 31.1 Å². The number of nitrogens with zero attached hydrogens (tertiary/aromatic N) is 1. The van der Waals surface area contributed by atoms with Gasteiger partial charge in [0.1, 0.15) is 5.75 Å². The molecule has 0 unspecified atom stereocenters. The molecule has 25 heavy (non-hydrogen) atoms. The molecule has 0 bridgehead atoms. The zero-order valence-electron chi connectivity index (χ0n) is 14.2. The summed E-state index contributed by atoms with van der Waals surface area (Å²) in [6, 6.07) is 12.2. The molecule has 5 nitrogen and oxygen atoms in total. The second-order valence-corrected chi connectivity index (χ2v) is 5.74. The molecule has 0 aliphatic carbocycles. The topological polar surface area (TPSA) is 68.5 Å². The molecule has 2 aromatic rings. The minimum atomic E-state index is -0.844. The molecule has 6 heteroatoms. The molecular formula is C19H18ClNO4. The molecule has 0 spiro atoms. The largest absolute Gasteiger partial charge is 0.490 e. The van der Waals surface area contributed by atoms with Crippen molar-refractivity contribution < 1.29 is 19.0 Å². The third-order valence-corrected chi connectivity index (χ3v) is 3.56. The highest BCUT2D eigenvalue weighted by Gasteiger charge is 2.22. The van der Waals surface area contributed by atoms with Crippen molar-refractivity contribution in [2.24, 2.45) is 0 Å². The van der Waals surface area contributed by atoms with Gasteiger partial charge in [0.25, 0.3) is 0 Å². The Bertz CT molecular complexity index is 814. The van der Waals surface area contributed by atoms with Gasteiger partial charge in [-0.3, -0.25) is 0 Å². The molecule has 0 radical (unpaired) electrons. The van der Waals surface area contributed by atoms with Gasteiger partial charge in [-0.2, -0.15) is 5.26 Å². The van der Waals surface area contributed by atoms with Crippen LogP contribution in [0.25, 0.3) is 0 Å². The molecule has 0 aliphatic heterocycles. The second kappa shape index (κ2) is 8.41. The first-order valence-corrected chi connectivity index (χ1v) is 8.13. The van der Waals surface area contributed by atoms with E-state index >= 15 is 0 Å². The van der Waals surface area contributed by atoms with Gasteiger partial charge in [0, 0.05) is 6.07 Å². The molecule has 0 heterocycles. The van der Waals surface area contributed by atoms with Gasteiger partial charge in [0.2, 0.25) is 0 Å². The number of carbonyl (C=O) groups is 1. The fraction of sp³-hybridized carbons (Fsp3) is 0.263. The van der Waals surface area contributed by atoms with E-state index in [1.807, 2.05) is 31.2 Å². The summed E-state index contributed by atoms with van der Waals surface area (Å²) < 4.78 is 16.4. The average molecular weight is 360 g/mol. The first-order valence-electron chi connectivity index (χ1n) is 7.76. The highest BCUT2D eigenvalue weighted by molar-refractivity contribution is 6.32. The fourth-order valence-electron chi connectivity index (χ4n) is 2.12. The van der Waals surface area contributed by atoms with Crippen LogP contribution in [0.5, 0.6) is 17.2 Å². The molecule has 1 atom stereocenters. The summed E-state index contributed by atoms with van der Waals surface area (Å²) in [6.07, 6.45) is -0.844. The summed E-state index contributed by atoms with van der Waals surface area (Å²) in [7, 11) is 0. The van der Waals surface area contributed by atoms with Crippen LogP contribution in [-0.2, 0) is 4.79 Å². The number of rotatable bonds is 6. The van der Waals surface area contributed by atoms with Crippen LogP contribution in [-0.4, -0.2) is 18.7 Å². The number of benzene rings is 2. The maximum Gasteiger partial charge on any atom is 0.352 e. The van der Waals surface area contributed by atoms with E-state index in [0.717, 1.165) is 5.56 Å². The minimum Gasteiger partial charge on any atom is -0.490 e. The maximum absolute atomic E-state index is 12.3. The molecular weight excluding hydrogens is 342 g/mol. The Labute approximate surface area is 151 Å². The molecule has 0 aromatic heterocycles. The number of hydrogen-bond acceptors (Lipinski definition) is 5. The van der Waals surface area contributed by atoms with E-state index in [1.54, 1.807) is 19.9 Å². The van der Waals surface area contributed by atoms with Crippen LogP contribution < -0.4 is 14.2 Å². The van der Waals surface area contributed by atoms with Crippen LogP contribution >= 0.6 is 11.6 Å². The predicted molar refractivity (Wildman–Crippen MR) is 94.2 cm³/mol. The van der Waals surface area contributed by atoms with Crippen molar-refractivity contribution in [3.05, 3.63) is 52.5 Å². The third kappa shape index (κ3) is 4.88. The van der Waals surface area contributed by atoms with Crippen molar-refractivity contribution >= 4 is 17.6 Å². The van der Waals surface area contributed by atoms with E-state index < -0.39 is 12.1 Å². The number of esters is 1. The SMILES string of the molecule is CCOc1cc(C#N)cc(Cl)c1OC(=O)[C@H](C)Oc1cccc(C)c1. The number of aryl methyl sites for hydroxylation is 1. The smallest absolute Gasteiger partial charge is 0.352 e. The van der Waals surface area contributed by atoms with Crippen molar-refractivity contribution in [2.45, 2.75) is 26.9 Å². The molecule has 0 amide bonds. The molecule has 0 fully saturated rings. The molecule has 0 N–H and O–H groups in total. The van der Waals surface area contributed by atoms with Crippen LogP contribution in [0.3, 0.4) is 0 Å². The Morgan fingerprint density at radius 1 is 1.32 bits per heavy atom. The molecule has 0 saturated heterocycles. The summed E-state index contributed by atoms with van der Waals surface area (Å²) in [5.74, 6) is 0.268. The van der Waals surface area contributed by atoms with E-state index in [2.05, 4.69) is 0 Å². The van der Waals surface area contributed by atoms with Gasteiger partial charge in [-0.05, 0) is 44.5 Å². The second-order valence-electron chi connectivity index (χ2n) is 5.33. The third-order valence-electron chi connectivity index (χ3n) is 3.28. The van der Waals surface area contributed by atoms with E-state index in [1.165, 1.54) is 12.1 Å². The van der Waals surface area contributed by atoms with Crippen molar-refractivity contribution in [1.29, 1.82) is 5.26 Å². The van der Waals surface area contributed by atoms with Gasteiger partial charge in [-0.15, -0.1) is 0 Å². The monoisotopic (exact) mass is 359 g/mol. The standard InChI is InChI=1S/C19H18ClNO4/c1-4-23-17-10-14(11-21)9-16(20)18(17)25-19(22)13(3)24-15-7-5-6-12(2)8-15/h5-10,13H,4H2,1-3H3/t13-/m0/s1. The normalized spacial score (nSPS) is 11.3. The van der Waals surface area contributed by atoms with Crippen LogP contribution in [0.4, 0.5) is 0 Å². The van der Waals surface area contributed by atoms with Gasteiger partial charge < -0.3 is 14.2 Å². The number of hydrogen-bond donors (Lipinski definition) is 0. The van der Waals surface area contributed by atoms with Gasteiger partial charge in [0.05, 0.1) is 23.3 Å². The number of halogens is 1. The Kier molecular flexibility index (Phi) is 6.26. The summed E-state index contributed by atoms with van der Waals surface area (Å²) in [5, 5.41) is 9.13. The lowest BCUT2D eigenvalue weighted by atomic mass is 10.2. The minimum absolute atomic E-state index is 0.0761. The summed E-state index contributed by atoms with van der Waals surface area (Å²) >= 11 is 6.13. The Balaban J connectivity index is 2.17. The Morgan fingerprint density at radius 3 is 2.72 bits per heavy atom. The fourth-order valence-corrected chi connectivity index (χ4v) is 2.37. The van der Waals surface area contributed by atoms with Crippen molar-refractivity contribution in [3.63, 3.8) is 0 Å². The lowest BCUT2D eigenvalue weighted by Gasteiger charge is -2.16. The van der Waals surface area contributed by atoms with E-state index in [9.17, 15) is 4.79 Å². The van der Waals surface area contributed by atoms with Crippen LogP contribution in [0.1, 0.15) is 25.0 Å². The first-order chi connectivity index (χ1) is 11.9. The van der Waals surface area contributed by atoms with Gasteiger partial charge in [0.15, 0.2) is 17.6 Å². The molecule has 2 rings (SSSR count). The van der Waals surface area contributed by atoms with E-state index in [-0.39, 0.29) is 16.5 Å². The van der Waals surface area contributed by atoms with Crippen LogP contribution in [0.15, 0.2) is 36.4 Å². The summed E-state index contributed by atoms with van der Waals surface area (Å²) in [5.41, 5.74) is 1.34. The first kappa shape index (κ1) is 18.6. The van der Waals surface area contributed by atoms with Crippen molar-refractivity contribution in [1.82, 2.24) is 0 Å². The molecule has 0 aliphatic rings.